The van der Waals surface area contributed by atoms with E-state index in [9.17, 15) is 4.79 Å². The fourth-order valence-electron chi connectivity index (χ4n) is 3.16. The molecule has 2 aromatic heterocycles. The number of H-pyrrole nitrogens is 1. The van der Waals surface area contributed by atoms with Gasteiger partial charge >= 0.3 is 0 Å². The zero-order valence-electron chi connectivity index (χ0n) is 21.7. The van der Waals surface area contributed by atoms with E-state index >= 15 is 0 Å². The Labute approximate surface area is 209 Å². The van der Waals surface area contributed by atoms with Gasteiger partial charge in [-0.05, 0) is 86.7 Å². The highest BCUT2D eigenvalue weighted by atomic mass is 35.5. The summed E-state index contributed by atoms with van der Waals surface area (Å²) < 4.78 is 0. The van der Waals surface area contributed by atoms with Crippen LogP contribution in [0.3, 0.4) is 0 Å². The fourth-order valence-corrected chi connectivity index (χ4v) is 3.43. The number of rotatable bonds is 2. The Kier molecular flexibility index (Phi) is 12.0. The van der Waals surface area contributed by atoms with Gasteiger partial charge in [0.25, 0.3) is 0 Å². The molecule has 0 aliphatic carbocycles. The summed E-state index contributed by atoms with van der Waals surface area (Å²) in [6.45, 7) is 19.7. The van der Waals surface area contributed by atoms with Crippen LogP contribution in [0.2, 0.25) is 5.02 Å². The zero-order chi connectivity index (χ0) is 25.8. The lowest BCUT2D eigenvalue weighted by molar-refractivity contribution is 0.101. The highest BCUT2D eigenvalue weighted by Crippen LogP contribution is 2.24. The molecule has 4 rings (SSSR count). The Morgan fingerprint density at radius 1 is 0.882 bits per heavy atom. The van der Waals surface area contributed by atoms with E-state index in [1.807, 2.05) is 76.5 Å². The van der Waals surface area contributed by atoms with Gasteiger partial charge in [0.1, 0.15) is 0 Å². The Morgan fingerprint density at radius 3 is 2.00 bits per heavy atom. The molecule has 0 aliphatic rings. The topological polar surface area (TPSA) is 45.8 Å². The Hall–Kier alpha value is -3.17. The summed E-state index contributed by atoms with van der Waals surface area (Å²) in [5.41, 5.74) is 8.89. The van der Waals surface area contributed by atoms with Gasteiger partial charge in [-0.15, -0.1) is 0 Å². The molecule has 0 amide bonds. The molecule has 4 aromatic rings. The van der Waals surface area contributed by atoms with Crippen LogP contribution in [0.1, 0.15) is 66.0 Å². The lowest BCUT2D eigenvalue weighted by Crippen LogP contribution is -1.89. The third kappa shape index (κ3) is 8.64. The fraction of sp³-hybridized carbons (Fsp3) is 0.267. The number of pyridine rings is 1. The van der Waals surface area contributed by atoms with Gasteiger partial charge in [0.2, 0.25) is 0 Å². The van der Waals surface area contributed by atoms with Crippen LogP contribution < -0.4 is 0 Å². The number of aromatic amines is 1. The molecule has 0 bridgehead atoms. The van der Waals surface area contributed by atoms with E-state index in [-0.39, 0.29) is 5.78 Å². The number of nitrogens with zero attached hydrogens (tertiary/aromatic N) is 1. The summed E-state index contributed by atoms with van der Waals surface area (Å²) >= 11 is 5.91. The number of fused-ring (bicyclic) bond motifs is 1. The number of aryl methyl sites for hydroxylation is 4. The second kappa shape index (κ2) is 14.2. The molecule has 4 heteroatoms. The maximum absolute atomic E-state index is 11.1. The van der Waals surface area contributed by atoms with Crippen molar-refractivity contribution < 1.29 is 4.79 Å². The van der Waals surface area contributed by atoms with E-state index in [2.05, 4.69) is 49.5 Å². The number of hydrogen-bond donors (Lipinski definition) is 1. The lowest BCUT2D eigenvalue weighted by atomic mass is 10.0. The average molecular weight is 477 g/mol. The van der Waals surface area contributed by atoms with Gasteiger partial charge in [0.15, 0.2) is 5.78 Å². The normalized spacial score (nSPS) is 9.56. The van der Waals surface area contributed by atoms with Crippen LogP contribution in [0.25, 0.3) is 16.5 Å². The van der Waals surface area contributed by atoms with Gasteiger partial charge in [-0.25, -0.2) is 0 Å². The van der Waals surface area contributed by atoms with E-state index in [0.717, 1.165) is 22.0 Å². The average Bonchev–Trinajstić information content (AvgIpc) is 3.23. The summed E-state index contributed by atoms with van der Waals surface area (Å²) in [6, 6.07) is 15.9. The van der Waals surface area contributed by atoms with Crippen molar-refractivity contribution in [3.63, 3.8) is 0 Å². The SMILES string of the molecule is C=C(C)c1ccccc1C.CC.CC(=O)c1cc2c(C)cc(Cl)cc2[nH]1.Cc1ccncc1C. The van der Waals surface area contributed by atoms with Crippen molar-refractivity contribution in [2.45, 2.75) is 55.4 Å². The lowest BCUT2D eigenvalue weighted by Gasteiger charge is -2.02. The second-order valence-electron chi connectivity index (χ2n) is 7.98. The number of allylic oxidation sites excluding steroid dienone is 1. The summed E-state index contributed by atoms with van der Waals surface area (Å²) in [7, 11) is 0. The largest absolute Gasteiger partial charge is 0.352 e. The van der Waals surface area contributed by atoms with Crippen LogP contribution in [0, 0.1) is 27.7 Å². The Morgan fingerprint density at radius 2 is 1.53 bits per heavy atom. The predicted octanol–water partition coefficient (Wildman–Crippen LogP) is 9.09. The van der Waals surface area contributed by atoms with Crippen molar-refractivity contribution >= 4 is 33.9 Å². The number of aromatic nitrogens is 2. The highest BCUT2D eigenvalue weighted by molar-refractivity contribution is 6.31. The number of carbonyl (C=O) groups is 1. The van der Waals surface area contributed by atoms with Crippen LogP contribution in [0.5, 0.6) is 0 Å². The summed E-state index contributed by atoms with van der Waals surface area (Å²) in [5, 5.41) is 1.74. The molecule has 0 aliphatic heterocycles. The number of benzene rings is 2. The zero-order valence-corrected chi connectivity index (χ0v) is 22.5. The van der Waals surface area contributed by atoms with Gasteiger partial charge in [-0.1, -0.05) is 61.9 Å². The first-order valence-corrected chi connectivity index (χ1v) is 11.9. The molecule has 2 heterocycles. The molecule has 1 N–H and O–H groups in total. The van der Waals surface area contributed by atoms with Gasteiger partial charge in [0.05, 0.1) is 5.69 Å². The highest BCUT2D eigenvalue weighted by Gasteiger charge is 2.07. The van der Waals surface area contributed by atoms with Crippen LogP contribution in [0.15, 0.2) is 67.5 Å². The van der Waals surface area contributed by atoms with Crippen LogP contribution >= 0.6 is 11.6 Å². The maximum Gasteiger partial charge on any atom is 0.175 e. The quantitative estimate of drug-likeness (QED) is 0.293. The minimum absolute atomic E-state index is 0.0386. The number of carbonyl (C=O) groups excluding carboxylic acids is 1. The van der Waals surface area contributed by atoms with E-state index in [4.69, 9.17) is 11.6 Å². The van der Waals surface area contributed by atoms with E-state index < -0.39 is 0 Å². The number of nitrogens with one attached hydrogen (secondary N) is 1. The Balaban J connectivity index is 0.000000256. The van der Waals surface area contributed by atoms with Crippen LogP contribution in [0.4, 0.5) is 0 Å². The van der Waals surface area contributed by atoms with Crippen molar-refractivity contribution in [1.29, 1.82) is 0 Å². The molecule has 0 unspecified atom stereocenters. The van der Waals surface area contributed by atoms with Gasteiger partial charge in [-0.3, -0.25) is 9.78 Å². The molecule has 0 radical (unpaired) electrons. The van der Waals surface area contributed by atoms with E-state index in [1.54, 1.807) is 6.92 Å². The number of Topliss-reactive ketones (excluding diaryl/α,β-unsaturated/α-hetero) is 1. The summed E-state index contributed by atoms with van der Waals surface area (Å²) in [4.78, 5) is 18.1. The number of hydrogen-bond acceptors (Lipinski definition) is 2. The summed E-state index contributed by atoms with van der Waals surface area (Å²) in [5.74, 6) is 0.0386. The first kappa shape index (κ1) is 28.9. The second-order valence-corrected chi connectivity index (χ2v) is 8.41. The van der Waals surface area contributed by atoms with Crippen molar-refractivity contribution in [2.24, 2.45) is 0 Å². The molecular formula is C30H37ClN2O. The molecule has 0 saturated carbocycles. The number of ketones is 1. The monoisotopic (exact) mass is 476 g/mol. The minimum atomic E-state index is 0.0386. The number of halogens is 1. The molecule has 0 atom stereocenters. The molecule has 0 fully saturated rings. The molecule has 0 saturated heterocycles. The first-order chi connectivity index (χ1) is 16.1. The molecule has 2 aromatic carbocycles. The van der Waals surface area contributed by atoms with Crippen molar-refractivity contribution in [1.82, 2.24) is 9.97 Å². The standard InChI is InChI=1S/C11H10ClNO.C10H12.C7H9N.C2H6/c1-6-3-8(12)4-11-9(6)5-10(13-11)7(2)14;1-8(2)10-7-5-4-6-9(10)3;1-6-3-4-8-5-7(6)2;1-2/h3-5,13H,1-2H3;4-7H,1H2,2-3H3;3-5H,1-2H3;1-2H3. The Bertz CT molecular complexity index is 1220. The van der Waals surface area contributed by atoms with Crippen LogP contribution in [-0.4, -0.2) is 15.8 Å². The molecule has 180 valence electrons. The molecule has 34 heavy (non-hydrogen) atoms. The van der Waals surface area contributed by atoms with E-state index in [1.165, 1.54) is 22.3 Å². The maximum atomic E-state index is 11.1. The smallest absolute Gasteiger partial charge is 0.175 e. The van der Waals surface area contributed by atoms with Gasteiger partial charge < -0.3 is 4.98 Å². The van der Waals surface area contributed by atoms with Crippen LogP contribution in [-0.2, 0) is 0 Å². The third-order valence-electron chi connectivity index (χ3n) is 5.19. The van der Waals surface area contributed by atoms with Crippen molar-refractivity contribution in [2.75, 3.05) is 0 Å². The summed E-state index contributed by atoms with van der Waals surface area (Å²) in [6.07, 6.45) is 3.68. The van der Waals surface area contributed by atoms with E-state index in [0.29, 0.717) is 10.7 Å². The van der Waals surface area contributed by atoms with Gasteiger partial charge in [-0.2, -0.15) is 0 Å². The molecule has 3 nitrogen and oxygen atoms in total. The molecular weight excluding hydrogens is 440 g/mol. The van der Waals surface area contributed by atoms with Crippen molar-refractivity contribution in [3.05, 3.63) is 106 Å². The minimum Gasteiger partial charge on any atom is -0.352 e. The van der Waals surface area contributed by atoms with Gasteiger partial charge in [0, 0.05) is 35.2 Å². The first-order valence-electron chi connectivity index (χ1n) is 11.5. The third-order valence-corrected chi connectivity index (χ3v) is 5.41. The molecule has 0 spiro atoms. The predicted molar refractivity (Wildman–Crippen MR) is 149 cm³/mol. The van der Waals surface area contributed by atoms with Crippen molar-refractivity contribution in [3.8, 4) is 0 Å².